The van der Waals surface area contributed by atoms with E-state index in [1.165, 1.54) is 0 Å². The van der Waals surface area contributed by atoms with Crippen molar-refractivity contribution >= 4 is 38.7 Å². The van der Waals surface area contributed by atoms with Crippen LogP contribution in [0.1, 0.15) is 26.5 Å². The lowest BCUT2D eigenvalue weighted by Crippen LogP contribution is -2.34. The quantitative estimate of drug-likeness (QED) is 0.562. The molecule has 0 radical (unpaired) electrons. The number of carbonyl (C=O) groups excluding carboxylic acids is 2. The second-order valence-corrected chi connectivity index (χ2v) is 6.80. The van der Waals surface area contributed by atoms with E-state index in [0.717, 1.165) is 34.1 Å². The number of furan rings is 1. The first-order chi connectivity index (χ1) is 13.2. The molecular formula is C19H14BrF3N2O3. The van der Waals surface area contributed by atoms with Gasteiger partial charge in [-0.15, -0.1) is 0 Å². The lowest BCUT2D eigenvalue weighted by molar-refractivity contribution is -0.137. The maximum absolute atomic E-state index is 12.5. The van der Waals surface area contributed by atoms with Gasteiger partial charge in [0, 0.05) is 28.5 Å². The first kappa shape index (κ1) is 19.9. The Kier molecular flexibility index (Phi) is 5.73. The summed E-state index contributed by atoms with van der Waals surface area (Å²) < 4.78 is 43.9. The minimum absolute atomic E-state index is 0.0992. The summed E-state index contributed by atoms with van der Waals surface area (Å²) >= 11 is 3.34. The fourth-order valence-electron chi connectivity index (χ4n) is 2.48. The first-order valence-electron chi connectivity index (χ1n) is 8.17. The van der Waals surface area contributed by atoms with Gasteiger partial charge in [0.2, 0.25) is 0 Å². The van der Waals surface area contributed by atoms with E-state index in [1.54, 1.807) is 18.2 Å². The van der Waals surface area contributed by atoms with Gasteiger partial charge in [-0.05, 0) is 48.5 Å². The number of rotatable bonds is 5. The average Bonchev–Trinajstić information content (AvgIpc) is 3.07. The van der Waals surface area contributed by atoms with Crippen LogP contribution < -0.4 is 10.6 Å². The second-order valence-electron chi connectivity index (χ2n) is 5.88. The number of carbonyl (C=O) groups is 2. The fourth-order valence-corrected chi connectivity index (χ4v) is 2.86. The molecule has 0 saturated heterocycles. The first-order valence-corrected chi connectivity index (χ1v) is 8.96. The van der Waals surface area contributed by atoms with E-state index in [1.807, 2.05) is 6.07 Å². The molecule has 2 aromatic carbocycles. The van der Waals surface area contributed by atoms with Crippen LogP contribution in [-0.2, 0) is 6.18 Å². The predicted octanol–water partition coefficient (Wildman–Crippen LogP) is 4.37. The number of hydrogen-bond donors (Lipinski definition) is 2. The predicted molar refractivity (Wildman–Crippen MR) is 100 cm³/mol. The summed E-state index contributed by atoms with van der Waals surface area (Å²) in [6.45, 7) is 0.239. The number of fused-ring (bicyclic) bond motifs is 1. The second kappa shape index (κ2) is 8.05. The molecule has 0 saturated carbocycles. The summed E-state index contributed by atoms with van der Waals surface area (Å²) in [6, 6.07) is 10.8. The van der Waals surface area contributed by atoms with E-state index in [4.69, 9.17) is 4.42 Å². The highest BCUT2D eigenvalue weighted by Crippen LogP contribution is 2.29. The number of halogens is 4. The zero-order chi connectivity index (χ0) is 20.3. The van der Waals surface area contributed by atoms with Crippen molar-refractivity contribution in [3.63, 3.8) is 0 Å². The number of amides is 2. The van der Waals surface area contributed by atoms with Gasteiger partial charge >= 0.3 is 6.18 Å². The molecule has 0 aliphatic carbocycles. The molecule has 28 heavy (non-hydrogen) atoms. The van der Waals surface area contributed by atoms with Crippen LogP contribution in [0, 0.1) is 0 Å². The molecule has 2 amide bonds. The Morgan fingerprint density at radius 3 is 2.21 bits per heavy atom. The maximum atomic E-state index is 12.5. The van der Waals surface area contributed by atoms with Crippen molar-refractivity contribution in [1.82, 2.24) is 10.6 Å². The molecule has 0 bridgehead atoms. The smallest absolute Gasteiger partial charge is 0.416 e. The van der Waals surface area contributed by atoms with E-state index < -0.39 is 23.6 Å². The molecular weight excluding hydrogens is 441 g/mol. The lowest BCUT2D eigenvalue weighted by Gasteiger charge is -2.08. The Balaban J connectivity index is 1.49. The molecule has 0 spiro atoms. The Morgan fingerprint density at radius 2 is 1.57 bits per heavy atom. The van der Waals surface area contributed by atoms with Gasteiger partial charge in [-0.25, -0.2) is 0 Å². The molecule has 0 aliphatic heterocycles. The van der Waals surface area contributed by atoms with E-state index in [9.17, 15) is 22.8 Å². The number of benzene rings is 2. The normalized spacial score (nSPS) is 11.4. The minimum Gasteiger partial charge on any atom is -0.451 e. The number of hydrogen-bond acceptors (Lipinski definition) is 3. The summed E-state index contributed by atoms with van der Waals surface area (Å²) in [7, 11) is 0. The summed E-state index contributed by atoms with van der Waals surface area (Å²) in [5.41, 5.74) is -0.152. The molecule has 9 heteroatoms. The largest absolute Gasteiger partial charge is 0.451 e. The van der Waals surface area contributed by atoms with Gasteiger partial charge in [0.15, 0.2) is 5.76 Å². The molecule has 2 N–H and O–H groups in total. The van der Waals surface area contributed by atoms with Gasteiger partial charge in [0.1, 0.15) is 5.58 Å². The van der Waals surface area contributed by atoms with Crippen LogP contribution in [0.15, 0.2) is 57.4 Å². The fraction of sp³-hybridized carbons (Fsp3) is 0.158. The van der Waals surface area contributed by atoms with Crippen molar-refractivity contribution in [1.29, 1.82) is 0 Å². The van der Waals surface area contributed by atoms with Gasteiger partial charge in [-0.2, -0.15) is 13.2 Å². The van der Waals surface area contributed by atoms with E-state index >= 15 is 0 Å². The third-order valence-corrected chi connectivity index (χ3v) is 4.37. The Bertz CT molecular complexity index is 1010. The van der Waals surface area contributed by atoms with Crippen LogP contribution in [-0.4, -0.2) is 24.9 Å². The van der Waals surface area contributed by atoms with Crippen molar-refractivity contribution in [2.24, 2.45) is 0 Å². The Hall–Kier alpha value is -2.81. The highest BCUT2D eigenvalue weighted by Gasteiger charge is 2.30. The molecule has 1 aromatic heterocycles. The summed E-state index contributed by atoms with van der Waals surface area (Å²) in [5, 5.41) is 5.90. The van der Waals surface area contributed by atoms with Gasteiger partial charge < -0.3 is 15.1 Å². The van der Waals surface area contributed by atoms with Crippen molar-refractivity contribution in [2.45, 2.75) is 6.18 Å². The Morgan fingerprint density at radius 1 is 0.929 bits per heavy atom. The average molecular weight is 455 g/mol. The van der Waals surface area contributed by atoms with Crippen LogP contribution in [0.4, 0.5) is 13.2 Å². The molecule has 1 heterocycles. The standard InChI is InChI=1S/C19H14BrF3N2O3/c20-14-5-6-15-12(9-14)10-16(28-15)18(27)25-8-7-24-17(26)11-1-3-13(4-2-11)19(21,22)23/h1-6,9-10H,7-8H2,(H,24,26)(H,25,27). The monoisotopic (exact) mass is 454 g/mol. The topological polar surface area (TPSA) is 71.3 Å². The molecule has 0 fully saturated rings. The van der Waals surface area contributed by atoms with Gasteiger partial charge in [-0.1, -0.05) is 15.9 Å². The summed E-state index contributed by atoms with van der Waals surface area (Å²) in [5.74, 6) is -0.824. The van der Waals surface area contributed by atoms with Crippen LogP contribution in [0.25, 0.3) is 11.0 Å². The van der Waals surface area contributed by atoms with Crippen LogP contribution in [0.5, 0.6) is 0 Å². The van der Waals surface area contributed by atoms with Gasteiger partial charge in [0.25, 0.3) is 11.8 Å². The van der Waals surface area contributed by atoms with E-state index in [2.05, 4.69) is 26.6 Å². The highest BCUT2D eigenvalue weighted by atomic mass is 79.9. The van der Waals surface area contributed by atoms with Crippen molar-refractivity contribution in [2.75, 3.05) is 13.1 Å². The van der Waals surface area contributed by atoms with Crippen LogP contribution in [0.3, 0.4) is 0 Å². The molecule has 0 atom stereocenters. The number of nitrogens with one attached hydrogen (secondary N) is 2. The molecule has 3 rings (SSSR count). The highest BCUT2D eigenvalue weighted by molar-refractivity contribution is 9.10. The SMILES string of the molecule is O=C(NCCNC(=O)c1cc2cc(Br)ccc2o1)c1ccc(C(F)(F)F)cc1. The number of alkyl halides is 3. The maximum Gasteiger partial charge on any atom is 0.416 e. The van der Waals surface area contributed by atoms with E-state index in [-0.39, 0.29) is 24.4 Å². The van der Waals surface area contributed by atoms with Gasteiger partial charge in [-0.3, -0.25) is 9.59 Å². The third kappa shape index (κ3) is 4.72. The van der Waals surface area contributed by atoms with Crippen molar-refractivity contribution < 1.29 is 27.2 Å². The third-order valence-electron chi connectivity index (χ3n) is 3.87. The Labute approximate surface area is 166 Å². The summed E-state index contributed by atoms with van der Waals surface area (Å²) in [6.07, 6.45) is -4.45. The van der Waals surface area contributed by atoms with Gasteiger partial charge in [0.05, 0.1) is 5.56 Å². The van der Waals surface area contributed by atoms with E-state index in [0.29, 0.717) is 5.58 Å². The lowest BCUT2D eigenvalue weighted by atomic mass is 10.1. The molecule has 0 unspecified atom stereocenters. The zero-order valence-corrected chi connectivity index (χ0v) is 15.9. The molecule has 146 valence electrons. The van der Waals surface area contributed by atoms with Crippen LogP contribution >= 0.6 is 15.9 Å². The molecule has 3 aromatic rings. The minimum atomic E-state index is -4.45. The zero-order valence-electron chi connectivity index (χ0n) is 14.3. The molecule has 0 aliphatic rings. The summed E-state index contributed by atoms with van der Waals surface area (Å²) in [4.78, 5) is 24.1. The van der Waals surface area contributed by atoms with Crippen molar-refractivity contribution in [3.8, 4) is 0 Å². The van der Waals surface area contributed by atoms with Crippen molar-refractivity contribution in [3.05, 3.63) is 69.9 Å². The van der Waals surface area contributed by atoms with Crippen LogP contribution in [0.2, 0.25) is 0 Å². The molecule has 5 nitrogen and oxygen atoms in total.